The number of sulfonamides is 1. The summed E-state index contributed by atoms with van der Waals surface area (Å²) in [7, 11) is -1.59. The Morgan fingerprint density at radius 3 is 2.53 bits per heavy atom. The highest BCUT2D eigenvalue weighted by atomic mass is 32.2. The first-order chi connectivity index (χ1) is 7.11. The Kier molecular flexibility index (Phi) is 5.02. The summed E-state index contributed by atoms with van der Waals surface area (Å²) in [6, 6.07) is 0. The Bertz CT molecular complexity index is 276. The van der Waals surface area contributed by atoms with Gasteiger partial charge in [0.15, 0.2) is 0 Å². The highest BCUT2D eigenvalue weighted by Gasteiger charge is 2.33. The number of hydrogen-bond acceptors (Lipinski definition) is 3. The SMILES string of the molecule is CCNS(=O)(=O)[C@@H]1CCCCC[C@@H]1OC. The van der Waals surface area contributed by atoms with Crippen LogP contribution in [0, 0.1) is 0 Å². The molecule has 0 aromatic carbocycles. The number of rotatable bonds is 4. The second-order valence-corrected chi connectivity index (χ2v) is 5.98. The van der Waals surface area contributed by atoms with Crippen molar-refractivity contribution in [1.82, 2.24) is 4.72 Å². The third kappa shape index (κ3) is 3.43. The van der Waals surface area contributed by atoms with Gasteiger partial charge >= 0.3 is 0 Å². The summed E-state index contributed by atoms with van der Waals surface area (Å²) in [5, 5.41) is -0.370. The van der Waals surface area contributed by atoms with Gasteiger partial charge in [0.2, 0.25) is 10.0 Å². The van der Waals surface area contributed by atoms with Crippen LogP contribution in [0.1, 0.15) is 39.0 Å². The van der Waals surface area contributed by atoms with Crippen molar-refractivity contribution in [2.75, 3.05) is 13.7 Å². The van der Waals surface area contributed by atoms with Crippen LogP contribution in [0.3, 0.4) is 0 Å². The molecule has 1 aliphatic carbocycles. The molecule has 0 unspecified atom stereocenters. The first-order valence-electron chi connectivity index (χ1n) is 5.63. The molecule has 90 valence electrons. The quantitative estimate of drug-likeness (QED) is 0.747. The van der Waals surface area contributed by atoms with E-state index in [1.54, 1.807) is 14.0 Å². The predicted molar refractivity (Wildman–Crippen MR) is 60.3 cm³/mol. The third-order valence-electron chi connectivity index (χ3n) is 2.94. The molecule has 0 amide bonds. The van der Waals surface area contributed by atoms with Crippen LogP contribution in [0.2, 0.25) is 0 Å². The van der Waals surface area contributed by atoms with Crippen LogP contribution >= 0.6 is 0 Å². The van der Waals surface area contributed by atoms with Crippen LogP contribution in [-0.4, -0.2) is 33.4 Å². The van der Waals surface area contributed by atoms with Crippen molar-refractivity contribution < 1.29 is 13.2 Å². The molecule has 1 fully saturated rings. The molecular formula is C10H21NO3S. The van der Waals surface area contributed by atoms with Crippen LogP contribution in [0.4, 0.5) is 0 Å². The van der Waals surface area contributed by atoms with Crippen molar-refractivity contribution in [3.05, 3.63) is 0 Å². The first-order valence-corrected chi connectivity index (χ1v) is 7.17. The van der Waals surface area contributed by atoms with Crippen molar-refractivity contribution in [3.63, 3.8) is 0 Å². The molecule has 4 nitrogen and oxygen atoms in total. The van der Waals surface area contributed by atoms with E-state index in [9.17, 15) is 8.42 Å². The smallest absolute Gasteiger partial charge is 0.217 e. The lowest BCUT2D eigenvalue weighted by molar-refractivity contribution is 0.0921. The van der Waals surface area contributed by atoms with E-state index < -0.39 is 10.0 Å². The molecule has 0 aliphatic heterocycles. The molecule has 5 heteroatoms. The average molecular weight is 235 g/mol. The lowest BCUT2D eigenvalue weighted by Crippen LogP contribution is -2.42. The Morgan fingerprint density at radius 1 is 1.27 bits per heavy atom. The van der Waals surface area contributed by atoms with Gasteiger partial charge in [-0.3, -0.25) is 0 Å². The lowest BCUT2D eigenvalue weighted by Gasteiger charge is -2.23. The van der Waals surface area contributed by atoms with Crippen LogP contribution in [-0.2, 0) is 14.8 Å². The zero-order valence-corrected chi connectivity index (χ0v) is 10.3. The van der Waals surface area contributed by atoms with Gasteiger partial charge in [0, 0.05) is 13.7 Å². The maximum Gasteiger partial charge on any atom is 0.217 e. The minimum atomic E-state index is -3.19. The molecule has 0 spiro atoms. The van der Waals surface area contributed by atoms with Crippen molar-refractivity contribution in [3.8, 4) is 0 Å². The van der Waals surface area contributed by atoms with Gasteiger partial charge in [-0.05, 0) is 12.8 Å². The minimum Gasteiger partial charge on any atom is -0.380 e. The molecule has 0 aromatic heterocycles. The van der Waals surface area contributed by atoms with E-state index in [1.807, 2.05) is 0 Å². The van der Waals surface area contributed by atoms with Gasteiger partial charge in [-0.1, -0.05) is 26.2 Å². The van der Waals surface area contributed by atoms with Crippen molar-refractivity contribution in [1.29, 1.82) is 0 Å². The molecule has 0 bridgehead atoms. The van der Waals surface area contributed by atoms with Crippen molar-refractivity contribution >= 4 is 10.0 Å². The number of ether oxygens (including phenoxy) is 1. The molecule has 0 aromatic rings. The Balaban J connectivity index is 2.78. The van der Waals surface area contributed by atoms with Gasteiger partial charge in [-0.25, -0.2) is 13.1 Å². The molecule has 1 saturated carbocycles. The maximum absolute atomic E-state index is 11.9. The molecule has 0 heterocycles. The number of hydrogen-bond donors (Lipinski definition) is 1. The molecule has 0 saturated heterocycles. The minimum absolute atomic E-state index is 0.142. The molecule has 15 heavy (non-hydrogen) atoms. The molecule has 2 atom stereocenters. The average Bonchev–Trinajstić information content (AvgIpc) is 2.42. The summed E-state index contributed by atoms with van der Waals surface area (Å²) < 4.78 is 31.7. The second-order valence-electron chi connectivity index (χ2n) is 3.99. The lowest BCUT2D eigenvalue weighted by atomic mass is 10.1. The third-order valence-corrected chi connectivity index (χ3v) is 4.97. The summed E-state index contributed by atoms with van der Waals surface area (Å²) in [6.45, 7) is 2.26. The summed E-state index contributed by atoms with van der Waals surface area (Å²) in [4.78, 5) is 0. The van der Waals surface area contributed by atoms with Gasteiger partial charge in [0.1, 0.15) is 5.25 Å². The summed E-state index contributed by atoms with van der Waals surface area (Å²) >= 11 is 0. The van der Waals surface area contributed by atoms with Crippen LogP contribution in [0.5, 0.6) is 0 Å². The summed E-state index contributed by atoms with van der Waals surface area (Å²) in [5.41, 5.74) is 0. The van der Waals surface area contributed by atoms with Crippen LogP contribution in [0.25, 0.3) is 0 Å². The van der Waals surface area contributed by atoms with E-state index in [1.165, 1.54) is 0 Å². The van der Waals surface area contributed by atoms with Crippen LogP contribution in [0.15, 0.2) is 0 Å². The Morgan fingerprint density at radius 2 is 1.93 bits per heavy atom. The van der Waals surface area contributed by atoms with Crippen molar-refractivity contribution in [2.45, 2.75) is 50.4 Å². The molecule has 1 N–H and O–H groups in total. The normalized spacial score (nSPS) is 28.7. The largest absolute Gasteiger partial charge is 0.380 e. The zero-order valence-electron chi connectivity index (χ0n) is 9.53. The van der Waals surface area contributed by atoms with Gasteiger partial charge < -0.3 is 4.74 Å². The van der Waals surface area contributed by atoms with Gasteiger partial charge in [-0.2, -0.15) is 0 Å². The predicted octanol–water partition coefficient (Wildman–Crippen LogP) is 1.27. The van der Waals surface area contributed by atoms with E-state index in [2.05, 4.69) is 4.72 Å². The van der Waals surface area contributed by atoms with Crippen LogP contribution < -0.4 is 4.72 Å². The Hall–Kier alpha value is -0.130. The standard InChI is InChI=1S/C10H21NO3S/c1-3-11-15(12,13)10-8-6-4-5-7-9(10)14-2/h9-11H,3-8H2,1-2H3/t9-,10+/m0/s1. The fourth-order valence-corrected chi connectivity index (χ4v) is 3.91. The summed E-state index contributed by atoms with van der Waals surface area (Å²) in [5.74, 6) is 0. The zero-order chi connectivity index (χ0) is 11.3. The van der Waals surface area contributed by atoms with E-state index in [0.29, 0.717) is 13.0 Å². The van der Waals surface area contributed by atoms with Gasteiger partial charge in [-0.15, -0.1) is 0 Å². The molecule has 1 aliphatic rings. The summed E-state index contributed by atoms with van der Waals surface area (Å²) in [6.07, 6.45) is 4.58. The van der Waals surface area contributed by atoms with E-state index >= 15 is 0 Å². The monoisotopic (exact) mass is 235 g/mol. The van der Waals surface area contributed by atoms with Crippen molar-refractivity contribution in [2.24, 2.45) is 0 Å². The van der Waals surface area contributed by atoms with Gasteiger partial charge in [0.05, 0.1) is 6.10 Å². The second kappa shape index (κ2) is 5.82. The van der Waals surface area contributed by atoms with E-state index in [0.717, 1.165) is 25.7 Å². The Labute approximate surface area is 92.4 Å². The fraction of sp³-hybridized carbons (Fsp3) is 1.00. The topological polar surface area (TPSA) is 55.4 Å². The molecule has 1 rings (SSSR count). The fourth-order valence-electron chi connectivity index (χ4n) is 2.17. The molecular weight excluding hydrogens is 214 g/mol. The number of methoxy groups -OCH3 is 1. The highest BCUT2D eigenvalue weighted by molar-refractivity contribution is 7.90. The van der Waals surface area contributed by atoms with Gasteiger partial charge in [0.25, 0.3) is 0 Å². The highest BCUT2D eigenvalue weighted by Crippen LogP contribution is 2.24. The molecule has 0 radical (unpaired) electrons. The first kappa shape index (κ1) is 12.9. The van der Waals surface area contributed by atoms with E-state index in [4.69, 9.17) is 4.74 Å². The number of nitrogens with one attached hydrogen (secondary N) is 1. The van der Waals surface area contributed by atoms with E-state index in [-0.39, 0.29) is 11.4 Å². The maximum atomic E-state index is 11.9.